The average Bonchev–Trinajstić information content (AvgIpc) is 3.55. The van der Waals surface area contributed by atoms with Crippen LogP contribution in [-0.2, 0) is 14.3 Å². The molecule has 0 aromatic carbocycles. The monoisotopic (exact) mass is 564 g/mol. The van der Waals surface area contributed by atoms with Crippen molar-refractivity contribution in [2.24, 2.45) is 0 Å². The molecule has 0 radical (unpaired) electrons. The first kappa shape index (κ1) is 25.7. The van der Waals surface area contributed by atoms with Gasteiger partial charge in [0.05, 0.1) is 34.7 Å². The number of rotatable bonds is 7. The zero-order valence-corrected chi connectivity index (χ0v) is 23.3. The summed E-state index contributed by atoms with van der Waals surface area (Å²) in [5, 5.41) is 5.35. The number of thiol groups is 1. The number of thiophene rings is 1. The quantitative estimate of drug-likeness (QED) is 0.172. The molecule has 5 aromatic rings. The van der Waals surface area contributed by atoms with Crippen LogP contribution in [0.25, 0.3) is 32.8 Å². The van der Waals surface area contributed by atoms with Crippen molar-refractivity contribution in [3.05, 3.63) is 58.2 Å². The van der Waals surface area contributed by atoms with E-state index in [1.54, 1.807) is 25.6 Å². The first-order valence-corrected chi connectivity index (χ1v) is 13.9. The molecule has 39 heavy (non-hydrogen) atoms. The van der Waals surface area contributed by atoms with E-state index >= 15 is 0 Å². The van der Waals surface area contributed by atoms with E-state index in [4.69, 9.17) is 32.1 Å². The molecule has 1 saturated heterocycles. The number of methoxy groups -OCH3 is 1. The molecule has 0 aliphatic carbocycles. The van der Waals surface area contributed by atoms with Crippen molar-refractivity contribution in [1.82, 2.24) is 29.9 Å². The third-order valence-corrected chi connectivity index (χ3v) is 7.92. The molecule has 1 aliphatic heterocycles. The van der Waals surface area contributed by atoms with Crippen molar-refractivity contribution < 1.29 is 9.47 Å². The van der Waals surface area contributed by atoms with E-state index in [-0.39, 0.29) is 24.4 Å². The predicted octanol–water partition coefficient (Wildman–Crippen LogP) is 3.77. The second kappa shape index (κ2) is 10.2. The maximum atomic E-state index is 13.5. The van der Waals surface area contributed by atoms with Gasteiger partial charge in [-0.15, -0.1) is 24.0 Å². The second-order valence-corrected chi connectivity index (χ2v) is 11.3. The number of anilines is 2. The number of aromatic amines is 2. The summed E-state index contributed by atoms with van der Waals surface area (Å²) in [4.78, 5) is 39.3. The molecule has 6 heterocycles. The minimum absolute atomic E-state index is 0.107. The maximum Gasteiger partial charge on any atom is 0.261 e. The van der Waals surface area contributed by atoms with Crippen LogP contribution in [-0.4, -0.2) is 68.9 Å². The molecule has 1 aliphatic rings. The number of nitrogens with zero attached hydrogens (tertiary/aromatic N) is 5. The summed E-state index contributed by atoms with van der Waals surface area (Å²) in [5.41, 5.74) is 2.53. The number of aromatic nitrogens is 6. The zero-order chi connectivity index (χ0) is 27.1. The van der Waals surface area contributed by atoms with E-state index in [9.17, 15) is 4.79 Å². The van der Waals surface area contributed by atoms with Crippen molar-refractivity contribution in [1.29, 1.82) is 0 Å². The van der Waals surface area contributed by atoms with Gasteiger partial charge in [0.25, 0.3) is 5.56 Å². The van der Waals surface area contributed by atoms with E-state index in [1.807, 2.05) is 23.6 Å². The lowest BCUT2D eigenvalue weighted by Gasteiger charge is -2.36. The van der Waals surface area contributed by atoms with Crippen LogP contribution in [0.1, 0.15) is 19.7 Å². The van der Waals surface area contributed by atoms with E-state index in [2.05, 4.69) is 44.0 Å². The van der Waals surface area contributed by atoms with Gasteiger partial charge >= 0.3 is 0 Å². The largest absolute Gasteiger partial charge is 0.381 e. The van der Waals surface area contributed by atoms with E-state index in [0.717, 1.165) is 23.6 Å². The highest BCUT2D eigenvalue weighted by atomic mass is 32.1. The fourth-order valence-electron chi connectivity index (χ4n) is 4.99. The minimum atomic E-state index is -1.13. The van der Waals surface area contributed by atoms with Gasteiger partial charge in [-0.05, 0) is 43.5 Å². The summed E-state index contributed by atoms with van der Waals surface area (Å²) in [6.45, 7) is 5.75. The lowest BCUT2D eigenvalue weighted by molar-refractivity contribution is -0.00544. The van der Waals surface area contributed by atoms with Crippen LogP contribution >= 0.6 is 24.0 Å². The number of H-pyrrole nitrogens is 2. The Kier molecular flexibility index (Phi) is 6.75. The minimum Gasteiger partial charge on any atom is -0.381 e. The Morgan fingerprint density at radius 2 is 1.95 bits per heavy atom. The van der Waals surface area contributed by atoms with Crippen molar-refractivity contribution in [3.8, 4) is 11.4 Å². The maximum absolute atomic E-state index is 13.5. The molecule has 2 unspecified atom stereocenters. The highest BCUT2D eigenvalue weighted by molar-refractivity contribution is 7.81. The fraction of sp³-hybridized carbons (Fsp3) is 0.346. The highest BCUT2D eigenvalue weighted by Crippen LogP contribution is 2.38. The number of morpholine rings is 1. The average molecular weight is 565 g/mol. The third-order valence-electron chi connectivity index (χ3n) is 6.55. The Labute approximate surface area is 233 Å². The van der Waals surface area contributed by atoms with Crippen LogP contribution in [0.2, 0.25) is 0 Å². The van der Waals surface area contributed by atoms with Crippen molar-refractivity contribution in [2.75, 3.05) is 37.0 Å². The van der Waals surface area contributed by atoms with Gasteiger partial charge in [0, 0.05) is 32.6 Å². The molecule has 0 saturated carbocycles. The van der Waals surface area contributed by atoms with Gasteiger partial charge in [-0.3, -0.25) is 4.79 Å². The summed E-state index contributed by atoms with van der Waals surface area (Å²) in [7, 11) is 1.58. The summed E-state index contributed by atoms with van der Waals surface area (Å²) in [5.74, 6) is 1.63. The normalized spacial score (nSPS) is 19.4. The standard InChI is InChI=1S/C26H28N8O3S2/c1-14-11-34(12-15(2)37-14)18-6-5-17-22(31-18)32-23(29-17)19-20(21-16(7-10-39-21)30-24(19)35)33-26(38,13-36-3)25-27-8-4-9-28-25/h4-10,14-15,38H,11-13H2,1-3H3,(H,29,31,32)(H2,30,33,35)/t14?,15?,26-/m1/s1. The predicted molar refractivity (Wildman–Crippen MR) is 156 cm³/mol. The molecule has 11 nitrogen and oxygen atoms in total. The number of ether oxygens (including phenoxy) is 2. The molecule has 1 fully saturated rings. The molecule has 5 aromatic heterocycles. The number of pyridine rings is 2. The molecule has 3 atom stereocenters. The number of hydrogen-bond acceptors (Lipinski definition) is 11. The number of nitrogens with one attached hydrogen (secondary N) is 3. The molecule has 0 amide bonds. The van der Waals surface area contributed by atoms with Gasteiger partial charge < -0.3 is 29.7 Å². The van der Waals surface area contributed by atoms with E-state index < -0.39 is 4.87 Å². The Bertz CT molecular complexity index is 1680. The van der Waals surface area contributed by atoms with Crippen LogP contribution in [0.5, 0.6) is 0 Å². The molecule has 13 heteroatoms. The SMILES string of the molecule is COC[C@](S)(Nc1c(-c2nc3ccc(N4CC(C)OC(C)C4)nc3[nH]2)c(=O)[nH]c2ccsc12)c1ncccn1. The highest BCUT2D eigenvalue weighted by Gasteiger charge is 2.34. The van der Waals surface area contributed by atoms with Gasteiger partial charge in [0.15, 0.2) is 16.3 Å². The Hall–Kier alpha value is -3.52. The summed E-state index contributed by atoms with van der Waals surface area (Å²) >= 11 is 6.40. The van der Waals surface area contributed by atoms with E-state index in [1.165, 1.54) is 11.3 Å². The van der Waals surface area contributed by atoms with E-state index in [0.29, 0.717) is 39.6 Å². The van der Waals surface area contributed by atoms with Crippen LogP contribution in [0, 0.1) is 0 Å². The Morgan fingerprint density at radius 3 is 2.69 bits per heavy atom. The lowest BCUT2D eigenvalue weighted by Crippen LogP contribution is -2.45. The van der Waals surface area contributed by atoms with Gasteiger partial charge in [-0.2, -0.15) is 0 Å². The van der Waals surface area contributed by atoms with Gasteiger partial charge in [0.2, 0.25) is 0 Å². The lowest BCUT2D eigenvalue weighted by atomic mass is 10.1. The van der Waals surface area contributed by atoms with Crippen LogP contribution in [0.15, 0.2) is 46.8 Å². The molecular formula is C26H28N8O3S2. The number of fused-ring (bicyclic) bond motifs is 2. The van der Waals surface area contributed by atoms with Crippen molar-refractivity contribution in [2.45, 2.75) is 30.9 Å². The van der Waals surface area contributed by atoms with Crippen molar-refractivity contribution in [3.63, 3.8) is 0 Å². The summed E-state index contributed by atoms with van der Waals surface area (Å²) in [6, 6.07) is 7.46. The molecular weight excluding hydrogens is 536 g/mol. The number of imidazole rings is 1. The van der Waals surface area contributed by atoms with Crippen LogP contribution < -0.4 is 15.8 Å². The van der Waals surface area contributed by atoms with Gasteiger partial charge in [-0.1, -0.05) is 0 Å². The van der Waals surface area contributed by atoms with Crippen molar-refractivity contribution >= 4 is 56.9 Å². The zero-order valence-electron chi connectivity index (χ0n) is 21.6. The first-order valence-electron chi connectivity index (χ1n) is 12.5. The Morgan fingerprint density at radius 1 is 1.18 bits per heavy atom. The molecule has 3 N–H and O–H groups in total. The van der Waals surface area contributed by atoms with Crippen LogP contribution in [0.3, 0.4) is 0 Å². The first-order chi connectivity index (χ1) is 18.8. The Balaban J connectivity index is 1.46. The molecule has 0 bridgehead atoms. The summed E-state index contributed by atoms with van der Waals surface area (Å²) < 4.78 is 12.2. The molecule has 0 spiro atoms. The third kappa shape index (κ3) is 4.86. The molecule has 6 rings (SSSR count). The second-order valence-electron chi connectivity index (χ2n) is 9.64. The van der Waals surface area contributed by atoms with Crippen LogP contribution in [0.4, 0.5) is 11.5 Å². The summed E-state index contributed by atoms with van der Waals surface area (Å²) in [6.07, 6.45) is 3.50. The van der Waals surface area contributed by atoms with Gasteiger partial charge in [0.1, 0.15) is 22.7 Å². The topological polar surface area (TPSA) is 134 Å². The molecule has 202 valence electrons. The number of hydrogen-bond donors (Lipinski definition) is 4. The van der Waals surface area contributed by atoms with Gasteiger partial charge in [-0.25, -0.2) is 19.9 Å². The smallest absolute Gasteiger partial charge is 0.261 e. The fourth-order valence-corrected chi connectivity index (χ4v) is 6.20.